The summed E-state index contributed by atoms with van der Waals surface area (Å²) in [6.07, 6.45) is 0. The number of hydrogen-bond acceptors (Lipinski definition) is 3. The molecule has 3 nitrogen and oxygen atoms in total. The van der Waals surface area contributed by atoms with Gasteiger partial charge in [-0.25, -0.2) is 4.79 Å². The number of esters is 1. The van der Waals surface area contributed by atoms with E-state index in [0.29, 0.717) is 5.75 Å². The minimum atomic E-state index is -3.69. The van der Waals surface area contributed by atoms with Crippen LogP contribution in [0.3, 0.4) is 0 Å². The molecule has 0 spiro atoms. The molecule has 20 heavy (non-hydrogen) atoms. The Bertz CT molecular complexity index is 580. The first-order chi connectivity index (χ1) is 9.54. The van der Waals surface area contributed by atoms with Gasteiger partial charge in [-0.3, -0.25) is 0 Å². The maximum atomic E-state index is 13.9. The Kier molecular flexibility index (Phi) is 3.98. The van der Waals surface area contributed by atoms with Gasteiger partial charge in [0, 0.05) is 5.56 Å². The zero-order valence-corrected chi connectivity index (χ0v) is 10.7. The SMILES string of the molecule is COc1ccc(OC(=O)C(F)(F)c2ccccc2)cc1. The standard InChI is InChI=1S/C15H12F2O3/c1-19-12-7-9-13(10-8-12)20-14(18)15(16,17)11-5-3-2-4-6-11/h2-10H,1H3. The van der Waals surface area contributed by atoms with Gasteiger partial charge in [-0.05, 0) is 24.3 Å². The summed E-state index contributed by atoms with van der Waals surface area (Å²) in [4.78, 5) is 11.6. The second kappa shape index (κ2) is 5.69. The van der Waals surface area contributed by atoms with Gasteiger partial charge in [-0.1, -0.05) is 30.3 Å². The van der Waals surface area contributed by atoms with Crippen LogP contribution in [0.25, 0.3) is 0 Å². The maximum absolute atomic E-state index is 13.9. The maximum Gasteiger partial charge on any atom is 0.387 e. The predicted molar refractivity (Wildman–Crippen MR) is 69.0 cm³/mol. The van der Waals surface area contributed by atoms with Gasteiger partial charge in [0.2, 0.25) is 0 Å². The normalized spacial score (nSPS) is 10.9. The lowest BCUT2D eigenvalue weighted by Crippen LogP contribution is -2.30. The number of halogens is 2. The van der Waals surface area contributed by atoms with E-state index in [1.165, 1.54) is 55.6 Å². The van der Waals surface area contributed by atoms with Crippen LogP contribution in [0, 0.1) is 0 Å². The zero-order valence-electron chi connectivity index (χ0n) is 10.7. The molecule has 2 aromatic rings. The molecule has 5 heteroatoms. The van der Waals surface area contributed by atoms with Crippen LogP contribution in [0.4, 0.5) is 8.78 Å². The van der Waals surface area contributed by atoms with Crippen LogP contribution in [-0.2, 0) is 10.7 Å². The van der Waals surface area contributed by atoms with Crippen LogP contribution < -0.4 is 9.47 Å². The summed E-state index contributed by atoms with van der Waals surface area (Å²) in [7, 11) is 1.48. The molecule has 2 aromatic carbocycles. The van der Waals surface area contributed by atoms with Crippen LogP contribution in [-0.4, -0.2) is 13.1 Å². The summed E-state index contributed by atoms with van der Waals surface area (Å²) in [5, 5.41) is 0. The third kappa shape index (κ3) is 2.93. The van der Waals surface area contributed by atoms with E-state index in [4.69, 9.17) is 4.74 Å². The second-order valence-corrected chi connectivity index (χ2v) is 4.01. The van der Waals surface area contributed by atoms with Crippen molar-refractivity contribution in [1.29, 1.82) is 0 Å². The van der Waals surface area contributed by atoms with E-state index < -0.39 is 17.5 Å². The minimum absolute atomic E-state index is 0.0337. The fourth-order valence-corrected chi connectivity index (χ4v) is 1.58. The molecule has 0 heterocycles. The van der Waals surface area contributed by atoms with Crippen LogP contribution in [0.15, 0.2) is 54.6 Å². The zero-order chi connectivity index (χ0) is 14.6. The molecule has 0 bridgehead atoms. The first-order valence-electron chi connectivity index (χ1n) is 5.83. The monoisotopic (exact) mass is 278 g/mol. The molecule has 104 valence electrons. The summed E-state index contributed by atoms with van der Waals surface area (Å²) in [6.45, 7) is 0. The number of benzene rings is 2. The number of hydrogen-bond donors (Lipinski definition) is 0. The van der Waals surface area contributed by atoms with Crippen molar-refractivity contribution in [3.05, 3.63) is 60.2 Å². The van der Waals surface area contributed by atoms with Crippen LogP contribution >= 0.6 is 0 Å². The highest BCUT2D eigenvalue weighted by molar-refractivity contribution is 5.81. The topological polar surface area (TPSA) is 35.5 Å². The molecular formula is C15H12F2O3. The van der Waals surface area contributed by atoms with E-state index in [2.05, 4.69) is 4.74 Å². The first-order valence-corrected chi connectivity index (χ1v) is 5.83. The van der Waals surface area contributed by atoms with Gasteiger partial charge in [0.25, 0.3) is 0 Å². The fourth-order valence-electron chi connectivity index (χ4n) is 1.58. The number of carbonyl (C=O) groups excluding carboxylic acids is 1. The smallest absolute Gasteiger partial charge is 0.387 e. The van der Waals surface area contributed by atoms with E-state index in [0.717, 1.165) is 0 Å². The molecule has 0 radical (unpaired) electrons. The second-order valence-electron chi connectivity index (χ2n) is 4.01. The Labute approximate surface area is 114 Å². The molecule has 0 aromatic heterocycles. The average Bonchev–Trinajstić information content (AvgIpc) is 2.49. The summed E-state index contributed by atoms with van der Waals surface area (Å²) < 4.78 is 37.4. The Balaban J connectivity index is 2.14. The van der Waals surface area contributed by atoms with Crippen molar-refractivity contribution in [2.45, 2.75) is 5.92 Å². The van der Waals surface area contributed by atoms with Crippen molar-refractivity contribution in [3.63, 3.8) is 0 Å². The summed E-state index contributed by atoms with van der Waals surface area (Å²) in [6, 6.07) is 12.6. The van der Waals surface area contributed by atoms with Gasteiger partial charge < -0.3 is 9.47 Å². The van der Waals surface area contributed by atoms with Crippen molar-refractivity contribution < 1.29 is 23.0 Å². The molecule has 0 saturated heterocycles. The molecule has 0 fully saturated rings. The van der Waals surface area contributed by atoms with Crippen LogP contribution in [0.1, 0.15) is 5.56 Å². The lowest BCUT2D eigenvalue weighted by molar-refractivity contribution is -0.163. The van der Waals surface area contributed by atoms with Crippen LogP contribution in [0.5, 0.6) is 11.5 Å². The summed E-state index contributed by atoms with van der Waals surface area (Å²) in [5.74, 6) is -4.74. The summed E-state index contributed by atoms with van der Waals surface area (Å²) in [5.41, 5.74) is -0.404. The fraction of sp³-hybridized carbons (Fsp3) is 0.133. The first kappa shape index (κ1) is 14.0. The van der Waals surface area contributed by atoms with E-state index in [-0.39, 0.29) is 5.75 Å². The third-order valence-corrected chi connectivity index (χ3v) is 2.66. The Hall–Kier alpha value is -2.43. The van der Waals surface area contributed by atoms with E-state index in [1.807, 2.05) is 0 Å². The minimum Gasteiger partial charge on any atom is -0.497 e. The Morgan fingerprint density at radius 1 is 0.950 bits per heavy atom. The molecule has 0 amide bonds. The van der Waals surface area contributed by atoms with Gasteiger partial charge >= 0.3 is 11.9 Å². The van der Waals surface area contributed by atoms with Crippen molar-refractivity contribution in [1.82, 2.24) is 0 Å². The Morgan fingerprint density at radius 3 is 2.05 bits per heavy atom. The number of rotatable bonds is 4. The number of carbonyl (C=O) groups is 1. The average molecular weight is 278 g/mol. The van der Waals surface area contributed by atoms with E-state index in [9.17, 15) is 13.6 Å². The molecular weight excluding hydrogens is 266 g/mol. The van der Waals surface area contributed by atoms with Gasteiger partial charge in [0.15, 0.2) is 0 Å². The van der Waals surface area contributed by atoms with Gasteiger partial charge in [0.1, 0.15) is 11.5 Å². The van der Waals surface area contributed by atoms with Crippen molar-refractivity contribution >= 4 is 5.97 Å². The van der Waals surface area contributed by atoms with Gasteiger partial charge in [-0.15, -0.1) is 0 Å². The molecule has 0 aliphatic carbocycles. The molecule has 0 aliphatic heterocycles. The highest BCUT2D eigenvalue weighted by atomic mass is 19.3. The lowest BCUT2D eigenvalue weighted by atomic mass is 10.1. The van der Waals surface area contributed by atoms with Gasteiger partial charge in [-0.2, -0.15) is 8.78 Å². The number of methoxy groups -OCH3 is 1. The highest BCUT2D eigenvalue weighted by Gasteiger charge is 2.43. The Morgan fingerprint density at radius 2 is 1.50 bits per heavy atom. The predicted octanol–water partition coefficient (Wildman–Crippen LogP) is 3.39. The molecule has 0 unspecified atom stereocenters. The summed E-state index contributed by atoms with van der Waals surface area (Å²) >= 11 is 0. The molecule has 0 N–H and O–H groups in total. The number of alkyl halides is 2. The van der Waals surface area contributed by atoms with E-state index in [1.54, 1.807) is 6.07 Å². The van der Waals surface area contributed by atoms with Gasteiger partial charge in [0.05, 0.1) is 7.11 Å². The molecule has 0 atom stereocenters. The lowest BCUT2D eigenvalue weighted by Gasteiger charge is -2.15. The van der Waals surface area contributed by atoms with E-state index >= 15 is 0 Å². The molecule has 0 saturated carbocycles. The quantitative estimate of drug-likeness (QED) is 0.635. The van der Waals surface area contributed by atoms with Crippen molar-refractivity contribution in [3.8, 4) is 11.5 Å². The highest BCUT2D eigenvalue weighted by Crippen LogP contribution is 2.30. The third-order valence-electron chi connectivity index (χ3n) is 2.66. The van der Waals surface area contributed by atoms with Crippen molar-refractivity contribution in [2.75, 3.05) is 7.11 Å². The van der Waals surface area contributed by atoms with Crippen molar-refractivity contribution in [2.24, 2.45) is 0 Å². The molecule has 2 rings (SSSR count). The largest absolute Gasteiger partial charge is 0.497 e. The molecule has 0 aliphatic rings. The van der Waals surface area contributed by atoms with Crippen LogP contribution in [0.2, 0.25) is 0 Å². The number of ether oxygens (including phenoxy) is 2.